The molecule has 3 nitrogen and oxygen atoms in total. The number of Topliss-reactive ketones (excluding diaryl/α,β-unsaturated/α-hetero) is 1. The monoisotopic (exact) mass is 192 g/mol. The average molecular weight is 192 g/mol. The van der Waals surface area contributed by atoms with E-state index in [0.717, 1.165) is 12.8 Å². The largest absolute Gasteiger partial charge is 0.356 e. The first-order chi connectivity index (χ1) is 6.83. The van der Waals surface area contributed by atoms with Gasteiger partial charge in [0.1, 0.15) is 6.10 Å². The highest BCUT2D eigenvalue weighted by atomic mass is 16.6. The van der Waals surface area contributed by atoms with Crippen LogP contribution >= 0.6 is 0 Å². The van der Waals surface area contributed by atoms with Crippen LogP contribution in [-0.2, 0) is 14.3 Å². The average Bonchev–Trinajstić information content (AvgIpc) is 3.11. The lowest BCUT2D eigenvalue weighted by atomic mass is 9.75. The van der Waals surface area contributed by atoms with Gasteiger partial charge in [-0.1, -0.05) is 0 Å². The molecule has 1 spiro atoms. The van der Waals surface area contributed by atoms with Crippen molar-refractivity contribution in [1.82, 2.24) is 0 Å². The smallest absolute Gasteiger partial charge is 0.202 e. The van der Waals surface area contributed by atoms with Gasteiger partial charge < -0.3 is 9.47 Å². The second-order valence-corrected chi connectivity index (χ2v) is 4.67. The van der Waals surface area contributed by atoms with Crippen molar-refractivity contribution in [2.75, 3.05) is 6.61 Å². The predicted octanol–water partition coefficient (Wildman–Crippen LogP) is 0.976. The maximum atomic E-state index is 11.9. The van der Waals surface area contributed by atoms with Gasteiger partial charge in [0.25, 0.3) is 0 Å². The molecule has 2 fully saturated rings. The first-order valence-corrected chi connectivity index (χ1v) is 5.39. The van der Waals surface area contributed by atoms with E-state index in [4.69, 9.17) is 9.47 Å². The summed E-state index contributed by atoms with van der Waals surface area (Å²) in [5.74, 6) is 0.197. The molecule has 2 saturated heterocycles. The highest BCUT2D eigenvalue weighted by Crippen LogP contribution is 2.54. The number of hydrogen-bond donors (Lipinski definition) is 0. The molecule has 2 heterocycles. The summed E-state index contributed by atoms with van der Waals surface area (Å²) >= 11 is 0. The van der Waals surface area contributed by atoms with Crippen LogP contribution in [0.4, 0.5) is 0 Å². The molecule has 0 N–H and O–H groups in total. The Balaban J connectivity index is 1.88. The van der Waals surface area contributed by atoms with Gasteiger partial charge in [-0.05, 0) is 36.8 Å². The predicted molar refractivity (Wildman–Crippen MR) is 47.8 cm³/mol. The van der Waals surface area contributed by atoms with E-state index in [1.54, 1.807) is 0 Å². The number of ether oxygens (including phenoxy) is 2. The van der Waals surface area contributed by atoms with Crippen molar-refractivity contribution in [3.63, 3.8) is 0 Å². The SMILES string of the molecule is O=C1C2OC2C2=C(CCCC2)C12CO2. The molecule has 2 aliphatic heterocycles. The number of ketones is 1. The van der Waals surface area contributed by atoms with Gasteiger partial charge in [0.15, 0.2) is 11.7 Å². The fraction of sp³-hybridized carbons (Fsp3) is 0.727. The first-order valence-electron chi connectivity index (χ1n) is 5.39. The summed E-state index contributed by atoms with van der Waals surface area (Å²) in [7, 11) is 0. The summed E-state index contributed by atoms with van der Waals surface area (Å²) in [5.41, 5.74) is 2.19. The van der Waals surface area contributed by atoms with Crippen molar-refractivity contribution in [3.8, 4) is 0 Å². The molecule has 4 aliphatic rings. The van der Waals surface area contributed by atoms with Crippen LogP contribution in [0.2, 0.25) is 0 Å². The van der Waals surface area contributed by atoms with E-state index in [0.29, 0.717) is 6.61 Å². The summed E-state index contributed by atoms with van der Waals surface area (Å²) in [6, 6.07) is 0. The van der Waals surface area contributed by atoms with Crippen LogP contribution in [0.25, 0.3) is 0 Å². The highest BCUT2D eigenvalue weighted by Gasteiger charge is 2.68. The molecule has 0 amide bonds. The zero-order valence-corrected chi connectivity index (χ0v) is 7.91. The molecule has 14 heavy (non-hydrogen) atoms. The van der Waals surface area contributed by atoms with Gasteiger partial charge in [-0.25, -0.2) is 0 Å². The summed E-state index contributed by atoms with van der Waals surface area (Å²) < 4.78 is 10.9. The Morgan fingerprint density at radius 1 is 1.21 bits per heavy atom. The van der Waals surface area contributed by atoms with Gasteiger partial charge in [-0.15, -0.1) is 0 Å². The molecular weight excluding hydrogens is 180 g/mol. The van der Waals surface area contributed by atoms with E-state index in [2.05, 4.69) is 0 Å². The Kier molecular flexibility index (Phi) is 1.15. The molecule has 3 unspecified atom stereocenters. The molecule has 0 aromatic heterocycles. The Hall–Kier alpha value is -0.670. The van der Waals surface area contributed by atoms with Crippen molar-refractivity contribution >= 4 is 5.78 Å². The Morgan fingerprint density at radius 2 is 2.00 bits per heavy atom. The normalized spacial score (nSPS) is 49.0. The van der Waals surface area contributed by atoms with Gasteiger partial charge in [0.2, 0.25) is 5.78 Å². The molecule has 0 aromatic carbocycles. The van der Waals surface area contributed by atoms with Crippen molar-refractivity contribution < 1.29 is 14.3 Å². The molecule has 0 radical (unpaired) electrons. The quantitative estimate of drug-likeness (QED) is 0.424. The Morgan fingerprint density at radius 3 is 2.79 bits per heavy atom. The molecule has 0 saturated carbocycles. The number of carbonyl (C=O) groups is 1. The van der Waals surface area contributed by atoms with Gasteiger partial charge in [-0.2, -0.15) is 0 Å². The standard InChI is InChI=1S/C11H12O3/c12-10-9-8(14-9)6-3-1-2-4-7(6)11(10)5-13-11/h8-9H,1-5H2. The number of carbonyl (C=O) groups excluding carboxylic acids is 1. The van der Waals surface area contributed by atoms with E-state index in [-0.39, 0.29) is 18.0 Å². The molecule has 0 bridgehead atoms. The van der Waals surface area contributed by atoms with Crippen molar-refractivity contribution in [2.24, 2.45) is 0 Å². The maximum Gasteiger partial charge on any atom is 0.202 e. The second kappa shape index (κ2) is 2.12. The Labute approximate surface area is 82.1 Å². The van der Waals surface area contributed by atoms with Crippen molar-refractivity contribution in [3.05, 3.63) is 11.1 Å². The zero-order valence-electron chi connectivity index (χ0n) is 7.91. The summed E-state index contributed by atoms with van der Waals surface area (Å²) in [6.07, 6.45) is 4.62. The molecule has 3 atom stereocenters. The van der Waals surface area contributed by atoms with Gasteiger partial charge >= 0.3 is 0 Å². The minimum absolute atomic E-state index is 0.144. The molecular formula is C11H12O3. The van der Waals surface area contributed by atoms with Gasteiger partial charge in [0, 0.05) is 0 Å². The van der Waals surface area contributed by atoms with E-state index in [9.17, 15) is 4.79 Å². The summed E-state index contributed by atoms with van der Waals surface area (Å²) in [5, 5.41) is 0. The van der Waals surface area contributed by atoms with Crippen molar-refractivity contribution in [2.45, 2.75) is 43.5 Å². The Bertz CT molecular complexity index is 365. The first kappa shape index (κ1) is 7.60. The van der Waals surface area contributed by atoms with Crippen molar-refractivity contribution in [1.29, 1.82) is 0 Å². The van der Waals surface area contributed by atoms with E-state index >= 15 is 0 Å². The van der Waals surface area contributed by atoms with Crippen LogP contribution in [0.5, 0.6) is 0 Å². The fourth-order valence-electron chi connectivity index (χ4n) is 3.05. The minimum Gasteiger partial charge on any atom is -0.356 e. The van der Waals surface area contributed by atoms with Gasteiger partial charge in [0.05, 0.1) is 6.61 Å². The van der Waals surface area contributed by atoms with E-state index in [1.807, 2.05) is 0 Å². The molecule has 4 rings (SSSR count). The maximum absolute atomic E-state index is 11.9. The molecule has 74 valence electrons. The van der Waals surface area contributed by atoms with E-state index in [1.165, 1.54) is 24.0 Å². The van der Waals surface area contributed by atoms with Crippen LogP contribution in [0.15, 0.2) is 11.1 Å². The lowest BCUT2D eigenvalue weighted by Gasteiger charge is -2.26. The number of epoxide rings is 2. The topological polar surface area (TPSA) is 42.1 Å². The third kappa shape index (κ3) is 0.708. The third-order valence-corrected chi connectivity index (χ3v) is 3.92. The second-order valence-electron chi connectivity index (χ2n) is 4.67. The van der Waals surface area contributed by atoms with Crippen LogP contribution in [0.3, 0.4) is 0 Å². The number of rotatable bonds is 0. The lowest BCUT2D eigenvalue weighted by molar-refractivity contribution is -0.124. The lowest BCUT2D eigenvalue weighted by Crippen LogP contribution is -2.38. The molecule has 0 aromatic rings. The third-order valence-electron chi connectivity index (χ3n) is 3.92. The van der Waals surface area contributed by atoms with Gasteiger partial charge in [-0.3, -0.25) is 4.79 Å². The molecule has 3 heteroatoms. The molecule has 2 aliphatic carbocycles. The number of hydrogen-bond acceptors (Lipinski definition) is 3. The minimum atomic E-state index is -0.493. The van der Waals surface area contributed by atoms with E-state index < -0.39 is 5.60 Å². The van der Waals surface area contributed by atoms with Crippen LogP contribution in [-0.4, -0.2) is 30.2 Å². The fourth-order valence-corrected chi connectivity index (χ4v) is 3.05. The van der Waals surface area contributed by atoms with Crippen LogP contribution in [0.1, 0.15) is 25.7 Å². The highest BCUT2D eigenvalue weighted by molar-refractivity contribution is 6.01. The summed E-state index contributed by atoms with van der Waals surface area (Å²) in [6.45, 7) is 0.608. The zero-order chi connectivity index (χ0) is 9.34. The van der Waals surface area contributed by atoms with Crippen LogP contribution in [0, 0.1) is 0 Å². The van der Waals surface area contributed by atoms with Crippen LogP contribution < -0.4 is 0 Å². The number of fused-ring (bicyclic) bond motifs is 3. The summed E-state index contributed by atoms with van der Waals surface area (Å²) in [4.78, 5) is 11.9.